The number of H-pyrrole nitrogens is 1. The highest BCUT2D eigenvalue weighted by molar-refractivity contribution is 9.10. The number of aromatic nitrogens is 2. The molecule has 2 rings (SSSR count). The van der Waals surface area contributed by atoms with Crippen molar-refractivity contribution in [3.8, 4) is 11.3 Å². The van der Waals surface area contributed by atoms with Gasteiger partial charge in [-0.3, -0.25) is 5.10 Å². The van der Waals surface area contributed by atoms with E-state index in [9.17, 15) is 0 Å². The maximum Gasteiger partial charge on any atom is 0.0883 e. The molecular formula is C11H12BrN3. The Hall–Kier alpha value is -1.29. The van der Waals surface area contributed by atoms with Gasteiger partial charge in [-0.25, -0.2) is 0 Å². The van der Waals surface area contributed by atoms with Crippen LogP contribution in [0.1, 0.15) is 11.1 Å². The van der Waals surface area contributed by atoms with Gasteiger partial charge in [0.1, 0.15) is 0 Å². The molecule has 0 saturated heterocycles. The van der Waals surface area contributed by atoms with Crippen LogP contribution in [0.25, 0.3) is 11.3 Å². The van der Waals surface area contributed by atoms with Crippen LogP contribution in [0.4, 0.5) is 5.69 Å². The van der Waals surface area contributed by atoms with Gasteiger partial charge in [0.05, 0.1) is 17.6 Å². The van der Waals surface area contributed by atoms with Crippen LogP contribution in [-0.4, -0.2) is 10.2 Å². The highest BCUT2D eigenvalue weighted by Crippen LogP contribution is 2.32. The van der Waals surface area contributed by atoms with E-state index in [1.54, 1.807) is 6.20 Å². The lowest BCUT2D eigenvalue weighted by molar-refractivity contribution is 1.09. The largest absolute Gasteiger partial charge is 0.396 e. The van der Waals surface area contributed by atoms with E-state index in [1.165, 1.54) is 11.1 Å². The molecule has 2 aromatic rings. The van der Waals surface area contributed by atoms with Crippen molar-refractivity contribution in [2.75, 3.05) is 5.73 Å². The van der Waals surface area contributed by atoms with Crippen LogP contribution in [0.5, 0.6) is 0 Å². The van der Waals surface area contributed by atoms with E-state index in [4.69, 9.17) is 5.73 Å². The monoisotopic (exact) mass is 265 g/mol. The van der Waals surface area contributed by atoms with E-state index < -0.39 is 0 Å². The standard InChI is InChI=1S/C11H12BrN3/c1-6-3-4-8(7(2)10(6)12)11-9(13)5-14-15-11/h3-5H,13H2,1-2H3,(H,14,15). The van der Waals surface area contributed by atoms with Crippen molar-refractivity contribution >= 4 is 21.6 Å². The summed E-state index contributed by atoms with van der Waals surface area (Å²) in [6.07, 6.45) is 1.63. The lowest BCUT2D eigenvalue weighted by Gasteiger charge is -2.08. The van der Waals surface area contributed by atoms with E-state index in [-0.39, 0.29) is 0 Å². The molecule has 78 valence electrons. The van der Waals surface area contributed by atoms with Crippen molar-refractivity contribution in [1.29, 1.82) is 0 Å². The van der Waals surface area contributed by atoms with Crippen LogP contribution in [0, 0.1) is 13.8 Å². The molecule has 3 nitrogen and oxygen atoms in total. The van der Waals surface area contributed by atoms with Crippen LogP contribution < -0.4 is 5.73 Å². The molecule has 0 aliphatic rings. The second kappa shape index (κ2) is 3.70. The summed E-state index contributed by atoms with van der Waals surface area (Å²) in [5, 5.41) is 6.84. The van der Waals surface area contributed by atoms with E-state index in [1.807, 2.05) is 0 Å². The van der Waals surface area contributed by atoms with Crippen LogP contribution >= 0.6 is 15.9 Å². The quantitative estimate of drug-likeness (QED) is 0.833. The highest BCUT2D eigenvalue weighted by Gasteiger charge is 2.10. The van der Waals surface area contributed by atoms with Crippen molar-refractivity contribution in [1.82, 2.24) is 10.2 Å². The normalized spacial score (nSPS) is 10.6. The van der Waals surface area contributed by atoms with Gasteiger partial charge in [0, 0.05) is 10.0 Å². The average Bonchev–Trinajstić information content (AvgIpc) is 2.62. The van der Waals surface area contributed by atoms with Gasteiger partial charge in [-0.05, 0) is 25.0 Å². The topological polar surface area (TPSA) is 54.7 Å². The number of hydrogen-bond donors (Lipinski definition) is 2. The summed E-state index contributed by atoms with van der Waals surface area (Å²) in [6, 6.07) is 4.12. The molecule has 0 bridgehead atoms. The highest BCUT2D eigenvalue weighted by atomic mass is 79.9. The van der Waals surface area contributed by atoms with Crippen LogP contribution in [0.15, 0.2) is 22.8 Å². The molecule has 0 atom stereocenters. The number of anilines is 1. The molecule has 0 unspecified atom stereocenters. The maximum absolute atomic E-state index is 5.82. The van der Waals surface area contributed by atoms with E-state index in [2.05, 4.69) is 52.1 Å². The summed E-state index contributed by atoms with van der Waals surface area (Å²) in [4.78, 5) is 0. The minimum absolute atomic E-state index is 0.675. The smallest absolute Gasteiger partial charge is 0.0883 e. The zero-order valence-corrected chi connectivity index (χ0v) is 10.2. The maximum atomic E-state index is 5.82. The Labute approximate surface area is 96.8 Å². The molecule has 4 heteroatoms. The van der Waals surface area contributed by atoms with Crippen molar-refractivity contribution in [3.05, 3.63) is 33.9 Å². The van der Waals surface area contributed by atoms with Crippen LogP contribution in [0.3, 0.4) is 0 Å². The number of hydrogen-bond acceptors (Lipinski definition) is 2. The van der Waals surface area contributed by atoms with Gasteiger partial charge >= 0.3 is 0 Å². The number of halogens is 1. The number of nitrogens with zero attached hydrogens (tertiary/aromatic N) is 1. The predicted molar refractivity (Wildman–Crippen MR) is 65.6 cm³/mol. The van der Waals surface area contributed by atoms with Crippen molar-refractivity contribution < 1.29 is 0 Å². The third kappa shape index (κ3) is 1.65. The Morgan fingerprint density at radius 3 is 2.67 bits per heavy atom. The molecule has 0 aliphatic heterocycles. The third-order valence-corrected chi connectivity index (χ3v) is 3.74. The number of nitrogen functional groups attached to an aromatic ring is 1. The molecule has 0 spiro atoms. The van der Waals surface area contributed by atoms with Crippen LogP contribution in [-0.2, 0) is 0 Å². The number of nitrogens with one attached hydrogen (secondary N) is 1. The summed E-state index contributed by atoms with van der Waals surface area (Å²) >= 11 is 3.56. The zero-order chi connectivity index (χ0) is 11.0. The SMILES string of the molecule is Cc1ccc(-c2[nH]ncc2N)c(C)c1Br. The lowest BCUT2D eigenvalue weighted by atomic mass is 10.0. The number of nitrogens with two attached hydrogens (primary N) is 1. The number of aryl methyl sites for hydroxylation is 1. The van der Waals surface area contributed by atoms with E-state index >= 15 is 0 Å². The first-order chi connectivity index (χ1) is 7.11. The van der Waals surface area contributed by atoms with Crippen molar-refractivity contribution in [2.45, 2.75) is 13.8 Å². The third-order valence-electron chi connectivity index (χ3n) is 2.52. The molecule has 0 amide bonds. The van der Waals surface area contributed by atoms with Crippen LogP contribution in [0.2, 0.25) is 0 Å². The molecule has 3 N–H and O–H groups in total. The van der Waals surface area contributed by atoms with Gasteiger partial charge in [0.2, 0.25) is 0 Å². The zero-order valence-electron chi connectivity index (χ0n) is 8.63. The summed E-state index contributed by atoms with van der Waals surface area (Å²) in [5.41, 5.74) is 10.9. The first-order valence-corrected chi connectivity index (χ1v) is 5.45. The van der Waals surface area contributed by atoms with Gasteiger partial charge in [0.25, 0.3) is 0 Å². The van der Waals surface area contributed by atoms with Gasteiger partial charge in [0.15, 0.2) is 0 Å². The number of benzene rings is 1. The number of aromatic amines is 1. The predicted octanol–water partition coefficient (Wildman–Crippen LogP) is 3.04. The van der Waals surface area contributed by atoms with E-state index in [0.717, 1.165) is 15.7 Å². The molecular weight excluding hydrogens is 254 g/mol. The second-order valence-corrected chi connectivity index (χ2v) is 4.36. The molecule has 1 heterocycles. The van der Waals surface area contributed by atoms with Gasteiger partial charge in [-0.2, -0.15) is 5.10 Å². The lowest BCUT2D eigenvalue weighted by Crippen LogP contribution is -1.91. The fourth-order valence-electron chi connectivity index (χ4n) is 1.60. The molecule has 0 saturated carbocycles. The Morgan fingerprint density at radius 1 is 1.33 bits per heavy atom. The van der Waals surface area contributed by atoms with Gasteiger partial charge < -0.3 is 5.73 Å². The molecule has 0 aliphatic carbocycles. The first kappa shape index (κ1) is 10.2. The Morgan fingerprint density at radius 2 is 2.07 bits per heavy atom. The Balaban J connectivity index is 2.65. The fraction of sp³-hybridized carbons (Fsp3) is 0.182. The number of rotatable bonds is 1. The van der Waals surface area contributed by atoms with Gasteiger partial charge in [-0.15, -0.1) is 0 Å². The summed E-state index contributed by atoms with van der Waals surface area (Å²) in [6.45, 7) is 4.13. The van der Waals surface area contributed by atoms with Crippen molar-refractivity contribution in [2.24, 2.45) is 0 Å². The fourth-order valence-corrected chi connectivity index (χ4v) is 1.95. The molecule has 0 radical (unpaired) electrons. The summed E-state index contributed by atoms with van der Waals surface area (Å²) in [5.74, 6) is 0. The molecule has 1 aromatic carbocycles. The average molecular weight is 266 g/mol. The van der Waals surface area contributed by atoms with Gasteiger partial charge in [-0.1, -0.05) is 28.1 Å². The summed E-state index contributed by atoms with van der Waals surface area (Å²) in [7, 11) is 0. The molecule has 1 aromatic heterocycles. The minimum atomic E-state index is 0.675. The molecule has 0 fully saturated rings. The Bertz CT molecular complexity index is 503. The van der Waals surface area contributed by atoms with Crippen molar-refractivity contribution in [3.63, 3.8) is 0 Å². The second-order valence-electron chi connectivity index (χ2n) is 3.57. The Kier molecular flexibility index (Phi) is 2.52. The molecule has 15 heavy (non-hydrogen) atoms. The summed E-state index contributed by atoms with van der Waals surface area (Å²) < 4.78 is 1.12. The first-order valence-electron chi connectivity index (χ1n) is 4.66. The minimum Gasteiger partial charge on any atom is -0.396 e. The van der Waals surface area contributed by atoms with E-state index in [0.29, 0.717) is 5.69 Å².